The SMILES string of the molecule is COc1cc(C#N)ccc1C(O)C(O)CS. The molecule has 0 aliphatic heterocycles. The average molecular weight is 239 g/mol. The molecule has 0 aromatic heterocycles. The van der Waals surface area contributed by atoms with Gasteiger partial charge in [-0.3, -0.25) is 0 Å². The van der Waals surface area contributed by atoms with Crippen molar-refractivity contribution in [2.75, 3.05) is 12.9 Å². The van der Waals surface area contributed by atoms with Crippen molar-refractivity contribution >= 4 is 12.6 Å². The van der Waals surface area contributed by atoms with E-state index < -0.39 is 12.2 Å². The fourth-order valence-electron chi connectivity index (χ4n) is 1.33. The van der Waals surface area contributed by atoms with Gasteiger partial charge in [-0.15, -0.1) is 0 Å². The van der Waals surface area contributed by atoms with E-state index in [0.717, 1.165) is 0 Å². The molecule has 0 aliphatic carbocycles. The highest BCUT2D eigenvalue weighted by Crippen LogP contribution is 2.28. The molecule has 0 saturated heterocycles. The summed E-state index contributed by atoms with van der Waals surface area (Å²) < 4.78 is 5.06. The standard InChI is InChI=1S/C11H13NO3S/c1-15-10-4-7(5-12)2-3-8(10)11(14)9(13)6-16/h2-4,9,11,13-14,16H,6H2,1H3. The molecule has 1 aromatic carbocycles. The quantitative estimate of drug-likeness (QED) is 0.682. The van der Waals surface area contributed by atoms with Crippen molar-refractivity contribution in [1.29, 1.82) is 5.26 Å². The summed E-state index contributed by atoms with van der Waals surface area (Å²) in [4.78, 5) is 0. The second kappa shape index (κ2) is 5.75. The number of aliphatic hydroxyl groups excluding tert-OH is 2. The molecule has 0 bridgehead atoms. The van der Waals surface area contributed by atoms with Crippen LogP contribution in [0.25, 0.3) is 0 Å². The minimum absolute atomic E-state index is 0.143. The van der Waals surface area contributed by atoms with E-state index in [4.69, 9.17) is 10.00 Å². The lowest BCUT2D eigenvalue weighted by Crippen LogP contribution is -2.20. The summed E-state index contributed by atoms with van der Waals surface area (Å²) in [6, 6.07) is 6.62. The summed E-state index contributed by atoms with van der Waals surface area (Å²) in [5, 5.41) is 28.0. The Kier molecular flexibility index (Phi) is 4.62. The Hall–Kier alpha value is -1.22. The first-order valence-corrected chi connectivity index (χ1v) is 5.32. The number of thiol groups is 1. The fourth-order valence-corrected chi connectivity index (χ4v) is 1.53. The highest BCUT2D eigenvalue weighted by molar-refractivity contribution is 7.80. The maximum Gasteiger partial charge on any atom is 0.126 e. The molecule has 0 heterocycles. The number of rotatable bonds is 4. The molecule has 2 atom stereocenters. The molecule has 0 amide bonds. The number of nitriles is 1. The van der Waals surface area contributed by atoms with Crippen LogP contribution >= 0.6 is 12.6 Å². The highest BCUT2D eigenvalue weighted by Gasteiger charge is 2.20. The Bertz CT molecular complexity index is 403. The number of methoxy groups -OCH3 is 1. The maximum absolute atomic E-state index is 9.80. The third-order valence-electron chi connectivity index (χ3n) is 2.23. The lowest BCUT2D eigenvalue weighted by Gasteiger charge is -2.18. The van der Waals surface area contributed by atoms with Gasteiger partial charge in [0.2, 0.25) is 0 Å². The van der Waals surface area contributed by atoms with Gasteiger partial charge < -0.3 is 14.9 Å². The predicted octanol–water partition coefficient (Wildman–Crippen LogP) is 0.891. The zero-order valence-corrected chi connectivity index (χ0v) is 9.69. The van der Waals surface area contributed by atoms with Crippen LogP contribution in [0.5, 0.6) is 5.75 Å². The lowest BCUT2D eigenvalue weighted by atomic mass is 10.0. The van der Waals surface area contributed by atoms with Crippen molar-refractivity contribution in [3.63, 3.8) is 0 Å². The van der Waals surface area contributed by atoms with Crippen LogP contribution in [0.3, 0.4) is 0 Å². The van der Waals surface area contributed by atoms with E-state index >= 15 is 0 Å². The van der Waals surface area contributed by atoms with E-state index in [1.165, 1.54) is 13.2 Å². The number of aliphatic hydroxyl groups is 2. The van der Waals surface area contributed by atoms with Crippen LogP contribution in [-0.4, -0.2) is 29.2 Å². The van der Waals surface area contributed by atoms with E-state index in [1.54, 1.807) is 12.1 Å². The lowest BCUT2D eigenvalue weighted by molar-refractivity contribution is 0.0322. The summed E-state index contributed by atoms with van der Waals surface area (Å²) in [5.74, 6) is 0.525. The fraction of sp³-hybridized carbons (Fsp3) is 0.364. The Morgan fingerprint density at radius 2 is 2.19 bits per heavy atom. The first-order chi connectivity index (χ1) is 7.63. The van der Waals surface area contributed by atoms with Gasteiger partial charge in [0.1, 0.15) is 11.9 Å². The van der Waals surface area contributed by atoms with Gasteiger partial charge in [-0.05, 0) is 12.1 Å². The van der Waals surface area contributed by atoms with Gasteiger partial charge in [0, 0.05) is 11.3 Å². The Labute approximate surface area is 99.5 Å². The molecule has 1 aromatic rings. The van der Waals surface area contributed by atoms with Gasteiger partial charge in [-0.25, -0.2) is 0 Å². The zero-order valence-electron chi connectivity index (χ0n) is 8.79. The van der Waals surface area contributed by atoms with Crippen LogP contribution in [-0.2, 0) is 0 Å². The van der Waals surface area contributed by atoms with Crippen LogP contribution in [0.4, 0.5) is 0 Å². The molecule has 2 N–H and O–H groups in total. The van der Waals surface area contributed by atoms with Crippen LogP contribution in [0.2, 0.25) is 0 Å². The predicted molar refractivity (Wildman–Crippen MR) is 62.5 cm³/mol. The van der Waals surface area contributed by atoms with Gasteiger partial charge in [0.25, 0.3) is 0 Å². The molecular formula is C11H13NO3S. The second-order valence-electron chi connectivity index (χ2n) is 3.26. The molecule has 0 fully saturated rings. The number of hydrogen-bond donors (Lipinski definition) is 3. The van der Waals surface area contributed by atoms with E-state index in [-0.39, 0.29) is 5.75 Å². The van der Waals surface area contributed by atoms with Gasteiger partial charge in [0.05, 0.1) is 24.8 Å². The molecule has 0 aliphatic rings. The van der Waals surface area contributed by atoms with Gasteiger partial charge >= 0.3 is 0 Å². The third-order valence-corrected chi connectivity index (χ3v) is 2.61. The minimum Gasteiger partial charge on any atom is -0.496 e. The van der Waals surface area contributed by atoms with Crippen molar-refractivity contribution in [3.05, 3.63) is 29.3 Å². The highest BCUT2D eigenvalue weighted by atomic mass is 32.1. The summed E-state index contributed by atoms with van der Waals surface area (Å²) in [7, 11) is 1.44. The monoisotopic (exact) mass is 239 g/mol. The average Bonchev–Trinajstić information content (AvgIpc) is 2.35. The molecule has 0 spiro atoms. The largest absolute Gasteiger partial charge is 0.496 e. The van der Waals surface area contributed by atoms with Crippen LogP contribution < -0.4 is 4.74 Å². The zero-order chi connectivity index (χ0) is 12.1. The van der Waals surface area contributed by atoms with E-state index in [9.17, 15) is 10.2 Å². The summed E-state index contributed by atoms with van der Waals surface area (Å²) in [6.07, 6.45) is -2.04. The van der Waals surface area contributed by atoms with Crippen LogP contribution in [0, 0.1) is 11.3 Å². The summed E-state index contributed by atoms with van der Waals surface area (Å²) >= 11 is 3.90. The first kappa shape index (κ1) is 12.8. The third kappa shape index (κ3) is 2.67. The molecule has 5 heteroatoms. The topological polar surface area (TPSA) is 73.5 Å². The second-order valence-corrected chi connectivity index (χ2v) is 3.63. The summed E-state index contributed by atoms with van der Waals surface area (Å²) in [5.41, 5.74) is 0.885. The van der Waals surface area contributed by atoms with Gasteiger partial charge in [-0.2, -0.15) is 17.9 Å². The Morgan fingerprint density at radius 3 is 2.69 bits per heavy atom. The van der Waals surface area contributed by atoms with Crippen LogP contribution in [0.1, 0.15) is 17.2 Å². The maximum atomic E-state index is 9.80. The van der Waals surface area contributed by atoms with E-state index in [2.05, 4.69) is 12.6 Å². The van der Waals surface area contributed by atoms with Crippen molar-refractivity contribution in [2.45, 2.75) is 12.2 Å². The Morgan fingerprint density at radius 1 is 1.50 bits per heavy atom. The number of hydrogen-bond acceptors (Lipinski definition) is 5. The molecule has 1 rings (SSSR count). The Balaban J connectivity index is 3.09. The van der Waals surface area contributed by atoms with Crippen molar-refractivity contribution in [2.24, 2.45) is 0 Å². The number of benzene rings is 1. The molecular weight excluding hydrogens is 226 g/mol. The normalized spacial score (nSPS) is 13.9. The molecule has 0 saturated carbocycles. The van der Waals surface area contributed by atoms with Crippen molar-refractivity contribution in [1.82, 2.24) is 0 Å². The van der Waals surface area contributed by atoms with Crippen LogP contribution in [0.15, 0.2) is 18.2 Å². The number of ether oxygens (including phenoxy) is 1. The van der Waals surface area contributed by atoms with Crippen molar-refractivity contribution in [3.8, 4) is 11.8 Å². The van der Waals surface area contributed by atoms with Gasteiger partial charge in [0.15, 0.2) is 0 Å². The number of nitrogens with zero attached hydrogens (tertiary/aromatic N) is 1. The molecule has 16 heavy (non-hydrogen) atoms. The van der Waals surface area contributed by atoms with E-state index in [1.807, 2.05) is 6.07 Å². The molecule has 0 radical (unpaired) electrons. The molecule has 2 unspecified atom stereocenters. The molecule has 86 valence electrons. The summed E-state index contributed by atoms with van der Waals surface area (Å²) in [6.45, 7) is 0. The van der Waals surface area contributed by atoms with E-state index in [0.29, 0.717) is 16.9 Å². The van der Waals surface area contributed by atoms with Gasteiger partial charge in [-0.1, -0.05) is 6.07 Å². The first-order valence-electron chi connectivity index (χ1n) is 4.69. The smallest absolute Gasteiger partial charge is 0.126 e. The molecule has 4 nitrogen and oxygen atoms in total. The van der Waals surface area contributed by atoms with Crippen molar-refractivity contribution < 1.29 is 14.9 Å². The minimum atomic E-state index is -1.07.